The standard InChI is InChI=1S/C20H17FN2O4/c1-2-25-17-9-4-3-8-16(17)20-22-18(27-23-20)13-26-19(24)11-10-14-6-5-7-15(21)12-14/h3-12H,2,13H2,1H3/b11-10+. The van der Waals surface area contributed by atoms with Crippen molar-refractivity contribution < 1.29 is 23.2 Å². The van der Waals surface area contributed by atoms with Crippen LogP contribution in [0.3, 0.4) is 0 Å². The number of para-hydroxylation sites is 1. The third-order valence-corrected chi connectivity index (χ3v) is 3.49. The van der Waals surface area contributed by atoms with E-state index in [9.17, 15) is 9.18 Å². The number of carbonyl (C=O) groups excluding carboxylic acids is 1. The average Bonchev–Trinajstić information content (AvgIpc) is 3.14. The van der Waals surface area contributed by atoms with Crippen LogP contribution in [-0.4, -0.2) is 22.7 Å². The van der Waals surface area contributed by atoms with Crippen molar-refractivity contribution in [3.05, 3.63) is 71.9 Å². The van der Waals surface area contributed by atoms with Crippen molar-refractivity contribution in [2.24, 2.45) is 0 Å². The van der Waals surface area contributed by atoms with E-state index >= 15 is 0 Å². The molecule has 0 aliphatic carbocycles. The highest BCUT2D eigenvalue weighted by Crippen LogP contribution is 2.27. The maximum atomic E-state index is 13.1. The summed E-state index contributed by atoms with van der Waals surface area (Å²) in [7, 11) is 0. The first-order valence-corrected chi connectivity index (χ1v) is 8.31. The third-order valence-electron chi connectivity index (χ3n) is 3.49. The molecule has 0 saturated heterocycles. The Morgan fingerprint density at radius 2 is 2.07 bits per heavy atom. The summed E-state index contributed by atoms with van der Waals surface area (Å²) in [5, 5.41) is 3.89. The van der Waals surface area contributed by atoms with E-state index in [0.29, 0.717) is 29.3 Å². The maximum Gasteiger partial charge on any atom is 0.331 e. The van der Waals surface area contributed by atoms with Gasteiger partial charge in [0.2, 0.25) is 5.82 Å². The van der Waals surface area contributed by atoms with E-state index in [1.165, 1.54) is 24.3 Å². The number of rotatable bonds is 7. The fourth-order valence-electron chi connectivity index (χ4n) is 2.31. The SMILES string of the molecule is CCOc1ccccc1-c1noc(COC(=O)/C=C/c2cccc(F)c2)n1. The molecule has 2 aromatic carbocycles. The molecule has 0 radical (unpaired) electrons. The summed E-state index contributed by atoms with van der Waals surface area (Å²) in [6.07, 6.45) is 2.67. The van der Waals surface area contributed by atoms with E-state index < -0.39 is 5.97 Å². The number of benzene rings is 2. The summed E-state index contributed by atoms with van der Waals surface area (Å²) in [4.78, 5) is 16.0. The number of hydrogen-bond donors (Lipinski definition) is 0. The smallest absolute Gasteiger partial charge is 0.331 e. The molecule has 0 N–H and O–H groups in total. The minimum atomic E-state index is -0.603. The van der Waals surface area contributed by atoms with Gasteiger partial charge in [-0.25, -0.2) is 9.18 Å². The molecular formula is C20H17FN2O4. The van der Waals surface area contributed by atoms with Crippen LogP contribution in [0, 0.1) is 5.82 Å². The number of ether oxygens (including phenoxy) is 2. The number of esters is 1. The molecule has 138 valence electrons. The molecule has 1 heterocycles. The Kier molecular flexibility index (Phi) is 5.94. The molecule has 27 heavy (non-hydrogen) atoms. The number of hydrogen-bond acceptors (Lipinski definition) is 6. The maximum absolute atomic E-state index is 13.1. The Morgan fingerprint density at radius 3 is 2.89 bits per heavy atom. The molecule has 3 aromatic rings. The third kappa shape index (κ3) is 5.01. The fraction of sp³-hybridized carbons (Fsp3) is 0.150. The quantitative estimate of drug-likeness (QED) is 0.463. The second-order valence-corrected chi connectivity index (χ2v) is 5.44. The van der Waals surface area contributed by atoms with Gasteiger partial charge in [-0.05, 0) is 42.8 Å². The molecule has 0 unspecified atom stereocenters. The molecule has 0 atom stereocenters. The van der Waals surface area contributed by atoms with Crippen LogP contribution in [0.5, 0.6) is 5.75 Å². The van der Waals surface area contributed by atoms with Crippen LogP contribution in [0.1, 0.15) is 18.4 Å². The van der Waals surface area contributed by atoms with Crippen LogP contribution in [0.15, 0.2) is 59.1 Å². The molecule has 6 nitrogen and oxygen atoms in total. The van der Waals surface area contributed by atoms with Gasteiger partial charge in [0, 0.05) is 6.08 Å². The van der Waals surface area contributed by atoms with Crippen molar-refractivity contribution in [2.45, 2.75) is 13.5 Å². The zero-order chi connectivity index (χ0) is 19.1. The van der Waals surface area contributed by atoms with Gasteiger partial charge in [-0.15, -0.1) is 0 Å². The first-order chi connectivity index (χ1) is 13.2. The summed E-state index contributed by atoms with van der Waals surface area (Å²) in [6.45, 7) is 2.22. The lowest BCUT2D eigenvalue weighted by molar-refractivity contribution is -0.139. The van der Waals surface area contributed by atoms with Gasteiger partial charge in [0.25, 0.3) is 5.89 Å². The van der Waals surface area contributed by atoms with Gasteiger partial charge < -0.3 is 14.0 Å². The second kappa shape index (κ2) is 8.75. The Labute approximate surface area is 155 Å². The molecule has 0 bridgehead atoms. The predicted octanol–water partition coefficient (Wildman–Crippen LogP) is 4.03. The van der Waals surface area contributed by atoms with Gasteiger partial charge in [-0.3, -0.25) is 0 Å². The largest absolute Gasteiger partial charge is 0.493 e. The molecular weight excluding hydrogens is 351 g/mol. The minimum Gasteiger partial charge on any atom is -0.493 e. The lowest BCUT2D eigenvalue weighted by Crippen LogP contribution is -2.01. The van der Waals surface area contributed by atoms with E-state index in [4.69, 9.17) is 14.0 Å². The zero-order valence-corrected chi connectivity index (χ0v) is 14.6. The zero-order valence-electron chi connectivity index (χ0n) is 14.6. The molecule has 7 heteroatoms. The molecule has 1 aromatic heterocycles. The summed E-state index contributed by atoms with van der Waals surface area (Å²) in [5.74, 6) is 0.163. The summed E-state index contributed by atoms with van der Waals surface area (Å²) in [6, 6.07) is 13.2. The van der Waals surface area contributed by atoms with Crippen molar-refractivity contribution in [3.8, 4) is 17.1 Å². The Morgan fingerprint density at radius 1 is 1.22 bits per heavy atom. The lowest BCUT2D eigenvalue weighted by atomic mass is 10.2. The fourth-order valence-corrected chi connectivity index (χ4v) is 2.31. The van der Waals surface area contributed by atoms with Crippen LogP contribution >= 0.6 is 0 Å². The van der Waals surface area contributed by atoms with Gasteiger partial charge in [0.1, 0.15) is 11.6 Å². The lowest BCUT2D eigenvalue weighted by Gasteiger charge is -2.05. The topological polar surface area (TPSA) is 74.5 Å². The van der Waals surface area contributed by atoms with Crippen LogP contribution in [0.2, 0.25) is 0 Å². The second-order valence-electron chi connectivity index (χ2n) is 5.44. The van der Waals surface area contributed by atoms with Crippen LogP contribution in [0.4, 0.5) is 4.39 Å². The predicted molar refractivity (Wildman–Crippen MR) is 96.1 cm³/mol. The van der Waals surface area contributed by atoms with E-state index in [1.54, 1.807) is 12.1 Å². The monoisotopic (exact) mass is 368 g/mol. The summed E-state index contributed by atoms with van der Waals surface area (Å²) >= 11 is 0. The summed E-state index contributed by atoms with van der Waals surface area (Å²) < 4.78 is 28.8. The Hall–Kier alpha value is -3.48. The van der Waals surface area contributed by atoms with E-state index in [1.807, 2.05) is 31.2 Å². The molecule has 0 aliphatic rings. The first kappa shape index (κ1) is 18.3. The highest BCUT2D eigenvalue weighted by atomic mass is 19.1. The average molecular weight is 368 g/mol. The van der Waals surface area contributed by atoms with Crippen molar-refractivity contribution in [1.82, 2.24) is 10.1 Å². The van der Waals surface area contributed by atoms with Crippen LogP contribution in [0.25, 0.3) is 17.5 Å². The van der Waals surface area contributed by atoms with Crippen molar-refractivity contribution in [1.29, 1.82) is 0 Å². The minimum absolute atomic E-state index is 0.156. The molecule has 0 saturated carbocycles. The van der Waals surface area contributed by atoms with Gasteiger partial charge >= 0.3 is 5.97 Å². The molecule has 0 spiro atoms. The van der Waals surface area contributed by atoms with Crippen LogP contribution < -0.4 is 4.74 Å². The number of carbonyl (C=O) groups is 1. The highest BCUT2D eigenvalue weighted by Gasteiger charge is 2.14. The summed E-state index contributed by atoms with van der Waals surface area (Å²) in [5.41, 5.74) is 1.24. The number of nitrogens with zero attached hydrogens (tertiary/aromatic N) is 2. The van der Waals surface area contributed by atoms with Crippen molar-refractivity contribution >= 4 is 12.0 Å². The van der Waals surface area contributed by atoms with Crippen LogP contribution in [-0.2, 0) is 16.1 Å². The molecule has 0 amide bonds. The molecule has 0 aliphatic heterocycles. The molecule has 3 rings (SSSR count). The van der Waals surface area contributed by atoms with Gasteiger partial charge in [-0.2, -0.15) is 4.98 Å². The normalized spacial score (nSPS) is 10.9. The van der Waals surface area contributed by atoms with Gasteiger partial charge in [-0.1, -0.05) is 29.4 Å². The Bertz CT molecular complexity index is 952. The van der Waals surface area contributed by atoms with Crippen molar-refractivity contribution in [2.75, 3.05) is 6.61 Å². The van der Waals surface area contributed by atoms with Gasteiger partial charge in [0.05, 0.1) is 12.2 Å². The molecule has 0 fully saturated rings. The van der Waals surface area contributed by atoms with E-state index in [0.717, 1.165) is 0 Å². The first-order valence-electron chi connectivity index (χ1n) is 8.31. The Balaban J connectivity index is 1.60. The number of halogens is 1. The van der Waals surface area contributed by atoms with Gasteiger partial charge in [0.15, 0.2) is 6.61 Å². The van der Waals surface area contributed by atoms with E-state index in [-0.39, 0.29) is 18.3 Å². The highest BCUT2D eigenvalue weighted by molar-refractivity contribution is 5.87. The van der Waals surface area contributed by atoms with Crippen molar-refractivity contribution in [3.63, 3.8) is 0 Å². The van der Waals surface area contributed by atoms with E-state index in [2.05, 4.69) is 10.1 Å². The number of aromatic nitrogens is 2.